The van der Waals surface area contributed by atoms with Gasteiger partial charge in [-0.25, -0.2) is 4.63 Å². The summed E-state index contributed by atoms with van der Waals surface area (Å²) in [6.45, 7) is 2.09. The number of hydrogen-bond acceptors (Lipinski definition) is 7. The van der Waals surface area contributed by atoms with Crippen LogP contribution in [0.4, 0.5) is 5.82 Å². The lowest BCUT2D eigenvalue weighted by Gasteiger charge is -2.37. The summed E-state index contributed by atoms with van der Waals surface area (Å²) in [5.41, 5.74) is 1.83. The molecule has 21 heavy (non-hydrogen) atoms. The normalized spacial score (nSPS) is 21.1. The SMILES string of the molecule is CC1C(c2ccccc2)Oc2nc3nonc3nc2N1C. The van der Waals surface area contributed by atoms with Crippen LogP contribution < -0.4 is 9.64 Å². The molecule has 106 valence electrons. The molecule has 3 aromatic rings. The molecule has 0 bridgehead atoms. The van der Waals surface area contributed by atoms with Crippen LogP contribution in [0.2, 0.25) is 0 Å². The molecule has 2 atom stereocenters. The van der Waals surface area contributed by atoms with Crippen molar-refractivity contribution in [1.82, 2.24) is 20.3 Å². The smallest absolute Gasteiger partial charge is 0.260 e. The molecule has 2 unspecified atom stereocenters. The summed E-state index contributed by atoms with van der Waals surface area (Å²) >= 11 is 0. The Morgan fingerprint density at radius 3 is 2.52 bits per heavy atom. The minimum atomic E-state index is -0.115. The number of benzene rings is 1. The number of ether oxygens (including phenoxy) is 1. The van der Waals surface area contributed by atoms with Crippen molar-refractivity contribution in [3.05, 3.63) is 35.9 Å². The zero-order valence-corrected chi connectivity index (χ0v) is 11.6. The van der Waals surface area contributed by atoms with E-state index in [1.54, 1.807) is 0 Å². The molecule has 4 rings (SSSR count). The molecule has 0 N–H and O–H groups in total. The molecular weight excluding hydrogens is 270 g/mol. The van der Waals surface area contributed by atoms with Gasteiger partial charge in [0.25, 0.3) is 5.88 Å². The van der Waals surface area contributed by atoms with Gasteiger partial charge in [0.15, 0.2) is 5.82 Å². The van der Waals surface area contributed by atoms with Crippen LogP contribution in [0.1, 0.15) is 18.6 Å². The molecule has 0 radical (unpaired) electrons. The fourth-order valence-electron chi connectivity index (χ4n) is 2.53. The molecule has 0 aliphatic carbocycles. The monoisotopic (exact) mass is 283 g/mol. The Hall–Kier alpha value is -2.70. The van der Waals surface area contributed by atoms with Crippen LogP contribution in [0.15, 0.2) is 35.0 Å². The first-order valence-corrected chi connectivity index (χ1v) is 6.69. The highest BCUT2D eigenvalue weighted by Gasteiger charge is 2.34. The standard InChI is InChI=1S/C14H13N5O2/c1-8-10(9-6-4-3-5-7-9)20-14-13(19(8)2)15-11-12(16-14)18-21-17-11/h3-8,10H,1-2H3. The van der Waals surface area contributed by atoms with Gasteiger partial charge in [0.2, 0.25) is 11.3 Å². The van der Waals surface area contributed by atoms with Gasteiger partial charge in [-0.1, -0.05) is 30.3 Å². The van der Waals surface area contributed by atoms with Gasteiger partial charge in [0.05, 0.1) is 6.04 Å². The molecule has 2 aromatic heterocycles. The van der Waals surface area contributed by atoms with E-state index in [0.717, 1.165) is 5.56 Å². The maximum atomic E-state index is 6.05. The molecule has 3 heterocycles. The highest BCUT2D eigenvalue weighted by atomic mass is 16.6. The van der Waals surface area contributed by atoms with Gasteiger partial charge in [-0.15, -0.1) is 0 Å². The van der Waals surface area contributed by atoms with E-state index in [2.05, 4.69) is 31.8 Å². The van der Waals surface area contributed by atoms with Crippen LogP contribution in [0.25, 0.3) is 11.3 Å². The maximum Gasteiger partial charge on any atom is 0.260 e. The first kappa shape index (κ1) is 12.1. The minimum absolute atomic E-state index is 0.115. The van der Waals surface area contributed by atoms with Crippen molar-refractivity contribution in [1.29, 1.82) is 0 Å². The van der Waals surface area contributed by atoms with E-state index in [-0.39, 0.29) is 12.1 Å². The lowest BCUT2D eigenvalue weighted by Crippen LogP contribution is -2.41. The van der Waals surface area contributed by atoms with Gasteiger partial charge in [-0.05, 0) is 22.8 Å². The molecule has 0 saturated heterocycles. The Morgan fingerprint density at radius 1 is 1.05 bits per heavy atom. The van der Waals surface area contributed by atoms with E-state index in [1.165, 1.54) is 0 Å². The fraction of sp³-hybridized carbons (Fsp3) is 0.286. The molecule has 0 fully saturated rings. The van der Waals surface area contributed by atoms with Crippen molar-refractivity contribution < 1.29 is 9.37 Å². The maximum absolute atomic E-state index is 6.05. The number of nitrogens with zero attached hydrogens (tertiary/aromatic N) is 5. The molecule has 1 aliphatic heterocycles. The first-order chi connectivity index (χ1) is 10.2. The van der Waals surface area contributed by atoms with Gasteiger partial charge < -0.3 is 9.64 Å². The second-order valence-electron chi connectivity index (χ2n) is 5.06. The van der Waals surface area contributed by atoms with Crippen LogP contribution in [-0.4, -0.2) is 33.4 Å². The fourth-order valence-corrected chi connectivity index (χ4v) is 2.53. The average Bonchev–Trinajstić information content (AvgIpc) is 2.97. The Labute approximate surface area is 120 Å². The van der Waals surface area contributed by atoms with Gasteiger partial charge >= 0.3 is 0 Å². The Morgan fingerprint density at radius 2 is 1.76 bits per heavy atom. The highest BCUT2D eigenvalue weighted by molar-refractivity contribution is 5.69. The molecule has 0 spiro atoms. The van der Waals surface area contributed by atoms with Gasteiger partial charge in [0, 0.05) is 7.05 Å². The first-order valence-electron chi connectivity index (χ1n) is 6.69. The van der Waals surface area contributed by atoms with Crippen LogP contribution in [-0.2, 0) is 0 Å². The molecule has 1 aromatic carbocycles. The Balaban J connectivity index is 1.82. The van der Waals surface area contributed by atoms with Gasteiger partial charge in [-0.2, -0.15) is 9.97 Å². The van der Waals surface area contributed by atoms with E-state index >= 15 is 0 Å². The van der Waals surface area contributed by atoms with Crippen LogP contribution in [0, 0.1) is 0 Å². The van der Waals surface area contributed by atoms with Crippen LogP contribution in [0.3, 0.4) is 0 Å². The number of anilines is 1. The minimum Gasteiger partial charge on any atom is -0.465 e. The van der Waals surface area contributed by atoms with Crippen molar-refractivity contribution in [3.63, 3.8) is 0 Å². The third kappa shape index (κ3) is 1.81. The number of aromatic nitrogens is 4. The topological polar surface area (TPSA) is 77.2 Å². The summed E-state index contributed by atoms with van der Waals surface area (Å²) in [6.07, 6.45) is -0.115. The van der Waals surface area contributed by atoms with Crippen molar-refractivity contribution >= 4 is 17.1 Å². The zero-order valence-electron chi connectivity index (χ0n) is 11.6. The summed E-state index contributed by atoms with van der Waals surface area (Å²) in [7, 11) is 1.97. The van der Waals surface area contributed by atoms with E-state index in [1.807, 2.05) is 42.3 Å². The highest BCUT2D eigenvalue weighted by Crippen LogP contribution is 2.38. The lowest BCUT2D eigenvalue weighted by atomic mass is 10.0. The van der Waals surface area contributed by atoms with E-state index in [4.69, 9.17) is 4.74 Å². The number of hydrogen-bond donors (Lipinski definition) is 0. The number of rotatable bonds is 1. The average molecular weight is 283 g/mol. The van der Waals surface area contributed by atoms with E-state index in [0.29, 0.717) is 23.0 Å². The molecule has 0 amide bonds. The zero-order chi connectivity index (χ0) is 14.4. The van der Waals surface area contributed by atoms with Crippen molar-refractivity contribution in [2.24, 2.45) is 0 Å². The Kier molecular flexibility index (Phi) is 2.53. The number of fused-ring (bicyclic) bond motifs is 2. The second-order valence-corrected chi connectivity index (χ2v) is 5.06. The van der Waals surface area contributed by atoms with Crippen molar-refractivity contribution in [2.75, 3.05) is 11.9 Å². The largest absolute Gasteiger partial charge is 0.465 e. The molecule has 7 heteroatoms. The number of likely N-dealkylation sites (N-methyl/N-ethyl adjacent to an activating group) is 1. The summed E-state index contributed by atoms with van der Waals surface area (Å²) in [4.78, 5) is 10.8. The van der Waals surface area contributed by atoms with Crippen molar-refractivity contribution in [3.8, 4) is 5.88 Å². The van der Waals surface area contributed by atoms with E-state index < -0.39 is 0 Å². The van der Waals surface area contributed by atoms with E-state index in [9.17, 15) is 0 Å². The quantitative estimate of drug-likeness (QED) is 0.675. The predicted molar refractivity (Wildman–Crippen MR) is 75.1 cm³/mol. The summed E-state index contributed by atoms with van der Waals surface area (Å²) < 4.78 is 10.7. The van der Waals surface area contributed by atoms with Crippen LogP contribution in [0.5, 0.6) is 5.88 Å². The van der Waals surface area contributed by atoms with Crippen molar-refractivity contribution in [2.45, 2.75) is 19.1 Å². The second kappa shape index (κ2) is 4.41. The molecular formula is C14H13N5O2. The lowest BCUT2D eigenvalue weighted by molar-refractivity contribution is 0.154. The summed E-state index contributed by atoms with van der Waals surface area (Å²) in [5, 5.41) is 7.43. The predicted octanol–water partition coefficient (Wildman–Crippen LogP) is 1.97. The third-order valence-electron chi connectivity index (χ3n) is 3.81. The molecule has 0 saturated carbocycles. The molecule has 7 nitrogen and oxygen atoms in total. The van der Waals surface area contributed by atoms with Gasteiger partial charge in [-0.3, -0.25) is 0 Å². The Bertz CT molecular complexity index is 788. The van der Waals surface area contributed by atoms with Crippen LogP contribution >= 0.6 is 0 Å². The molecule has 1 aliphatic rings. The summed E-state index contributed by atoms with van der Waals surface area (Å²) in [6, 6.07) is 10.2. The summed E-state index contributed by atoms with van der Waals surface area (Å²) in [5.74, 6) is 1.10. The third-order valence-corrected chi connectivity index (χ3v) is 3.81. The van der Waals surface area contributed by atoms with Gasteiger partial charge in [0.1, 0.15) is 6.10 Å².